The monoisotopic (exact) mass is 402 g/mol. The molecule has 2 aromatic rings. The molecule has 0 fully saturated rings. The molecule has 0 unspecified atom stereocenters. The quantitative estimate of drug-likeness (QED) is 0.591. The maximum atomic E-state index is 12.4. The Bertz CT molecular complexity index is 765. The topological polar surface area (TPSA) is 60.5 Å². The molecule has 0 saturated carbocycles. The molecular weight excluding hydrogens is 372 g/mol. The van der Waals surface area contributed by atoms with Crippen molar-refractivity contribution in [3.05, 3.63) is 39.3 Å². The minimum atomic E-state index is -0.0863. The number of carbonyl (C=O) groups is 1. The minimum absolute atomic E-state index is 0.0863. The molecular formula is C22H30N2O3S. The molecule has 0 bridgehead atoms. The first kappa shape index (κ1) is 20.6. The summed E-state index contributed by atoms with van der Waals surface area (Å²) in [6.45, 7) is 3.41. The summed E-state index contributed by atoms with van der Waals surface area (Å²) in [5.41, 5.74) is 1.90. The molecule has 0 atom stereocenters. The molecule has 152 valence electrons. The molecule has 1 aromatic carbocycles. The number of fused-ring (bicyclic) bond motifs is 1. The van der Waals surface area contributed by atoms with Gasteiger partial charge >= 0.3 is 0 Å². The predicted molar refractivity (Wildman–Crippen MR) is 113 cm³/mol. The van der Waals surface area contributed by atoms with Crippen LogP contribution in [-0.4, -0.2) is 31.2 Å². The van der Waals surface area contributed by atoms with Gasteiger partial charge in [-0.05, 0) is 56.7 Å². The molecule has 5 nitrogen and oxygen atoms in total. The Morgan fingerprint density at radius 3 is 2.86 bits per heavy atom. The van der Waals surface area contributed by atoms with E-state index in [0.717, 1.165) is 32.1 Å². The predicted octanol–water partition coefficient (Wildman–Crippen LogP) is 4.57. The SMILES string of the molecule is CCCCOc1ccc(C(=O)NCCCc2nc3c(s2)CCCC3)cc1OC. The van der Waals surface area contributed by atoms with E-state index in [0.29, 0.717) is 30.2 Å². The van der Waals surface area contributed by atoms with Gasteiger partial charge in [0, 0.05) is 23.4 Å². The standard InChI is InChI=1S/C22H30N2O3S/c1-3-4-14-27-18-12-11-16(15-19(18)26-2)22(25)23-13-7-10-21-24-17-8-5-6-9-20(17)28-21/h11-12,15H,3-10,13-14H2,1-2H3,(H,23,25). The summed E-state index contributed by atoms with van der Waals surface area (Å²) in [6.07, 6.45) is 8.75. The van der Waals surface area contributed by atoms with E-state index in [1.54, 1.807) is 19.2 Å². The highest BCUT2D eigenvalue weighted by Crippen LogP contribution is 2.29. The summed E-state index contributed by atoms with van der Waals surface area (Å²) in [5.74, 6) is 1.19. The largest absolute Gasteiger partial charge is 0.493 e. The molecule has 6 heteroatoms. The highest BCUT2D eigenvalue weighted by Gasteiger charge is 2.15. The van der Waals surface area contributed by atoms with Crippen LogP contribution in [0, 0.1) is 0 Å². The molecule has 0 aliphatic heterocycles. The van der Waals surface area contributed by atoms with Crippen molar-refractivity contribution in [3.8, 4) is 11.5 Å². The van der Waals surface area contributed by atoms with Crippen LogP contribution in [-0.2, 0) is 19.3 Å². The second-order valence-electron chi connectivity index (χ2n) is 7.11. The third-order valence-electron chi connectivity index (χ3n) is 4.92. The molecule has 1 amide bonds. The van der Waals surface area contributed by atoms with Gasteiger partial charge in [-0.3, -0.25) is 4.79 Å². The van der Waals surface area contributed by atoms with Gasteiger partial charge < -0.3 is 14.8 Å². The Hall–Kier alpha value is -2.08. The number of aryl methyl sites for hydroxylation is 3. The number of nitrogens with zero attached hydrogens (tertiary/aromatic N) is 1. The smallest absolute Gasteiger partial charge is 0.251 e. The lowest BCUT2D eigenvalue weighted by atomic mass is 10.0. The van der Waals surface area contributed by atoms with Gasteiger partial charge in [-0.25, -0.2) is 4.98 Å². The van der Waals surface area contributed by atoms with Gasteiger partial charge in [0.15, 0.2) is 11.5 Å². The Labute approximate surface area is 171 Å². The zero-order chi connectivity index (χ0) is 19.8. The molecule has 0 radical (unpaired) electrons. The molecule has 1 aromatic heterocycles. The highest BCUT2D eigenvalue weighted by atomic mass is 32.1. The lowest BCUT2D eigenvalue weighted by Gasteiger charge is -2.12. The van der Waals surface area contributed by atoms with Crippen molar-refractivity contribution < 1.29 is 14.3 Å². The van der Waals surface area contributed by atoms with E-state index in [1.807, 2.05) is 17.4 Å². The minimum Gasteiger partial charge on any atom is -0.493 e. The average molecular weight is 403 g/mol. The first-order chi connectivity index (χ1) is 13.7. The molecule has 1 aliphatic carbocycles. The molecule has 3 rings (SSSR count). The van der Waals surface area contributed by atoms with E-state index in [2.05, 4.69) is 12.2 Å². The van der Waals surface area contributed by atoms with Crippen LogP contribution in [0.3, 0.4) is 0 Å². The van der Waals surface area contributed by atoms with Crippen molar-refractivity contribution in [2.24, 2.45) is 0 Å². The van der Waals surface area contributed by atoms with Crippen LogP contribution in [0.1, 0.15) is 65.0 Å². The number of aromatic nitrogens is 1. The number of unbranched alkanes of at least 4 members (excludes halogenated alkanes) is 1. The zero-order valence-electron chi connectivity index (χ0n) is 16.9. The Balaban J connectivity index is 1.47. The van der Waals surface area contributed by atoms with E-state index in [-0.39, 0.29) is 5.91 Å². The second-order valence-corrected chi connectivity index (χ2v) is 8.28. The summed E-state index contributed by atoms with van der Waals surface area (Å²) in [5, 5.41) is 4.20. The fourth-order valence-electron chi connectivity index (χ4n) is 3.31. The number of benzene rings is 1. The maximum Gasteiger partial charge on any atom is 0.251 e. The number of carbonyl (C=O) groups excluding carboxylic acids is 1. The Morgan fingerprint density at radius 1 is 1.21 bits per heavy atom. The first-order valence-electron chi connectivity index (χ1n) is 10.3. The van der Waals surface area contributed by atoms with Crippen molar-refractivity contribution in [2.75, 3.05) is 20.3 Å². The van der Waals surface area contributed by atoms with Crippen molar-refractivity contribution in [1.29, 1.82) is 0 Å². The van der Waals surface area contributed by atoms with Crippen LogP contribution in [0.4, 0.5) is 0 Å². The first-order valence-corrected chi connectivity index (χ1v) is 11.1. The van der Waals surface area contributed by atoms with Crippen LogP contribution in [0.15, 0.2) is 18.2 Å². The van der Waals surface area contributed by atoms with Crippen molar-refractivity contribution in [2.45, 2.75) is 58.3 Å². The summed E-state index contributed by atoms with van der Waals surface area (Å²) >= 11 is 1.85. The number of hydrogen-bond acceptors (Lipinski definition) is 5. The second kappa shape index (κ2) is 10.5. The normalized spacial score (nSPS) is 13.1. The van der Waals surface area contributed by atoms with Gasteiger partial charge in [-0.1, -0.05) is 13.3 Å². The third-order valence-corrected chi connectivity index (χ3v) is 6.14. The van der Waals surface area contributed by atoms with E-state index in [4.69, 9.17) is 14.5 Å². The number of nitrogens with one attached hydrogen (secondary N) is 1. The summed E-state index contributed by atoms with van der Waals surface area (Å²) in [6, 6.07) is 5.34. The van der Waals surface area contributed by atoms with Crippen LogP contribution < -0.4 is 14.8 Å². The average Bonchev–Trinajstić information content (AvgIpc) is 3.14. The van der Waals surface area contributed by atoms with Crippen LogP contribution in [0.2, 0.25) is 0 Å². The fraction of sp³-hybridized carbons (Fsp3) is 0.545. The highest BCUT2D eigenvalue weighted by molar-refractivity contribution is 7.11. The molecule has 0 saturated heterocycles. The number of amides is 1. The van der Waals surface area contributed by atoms with Crippen LogP contribution in [0.25, 0.3) is 0 Å². The van der Waals surface area contributed by atoms with Crippen molar-refractivity contribution in [3.63, 3.8) is 0 Å². The number of rotatable bonds is 10. The van der Waals surface area contributed by atoms with E-state index >= 15 is 0 Å². The van der Waals surface area contributed by atoms with E-state index in [9.17, 15) is 4.79 Å². The summed E-state index contributed by atoms with van der Waals surface area (Å²) in [7, 11) is 1.59. The molecule has 1 heterocycles. The lowest BCUT2D eigenvalue weighted by Crippen LogP contribution is -2.24. The summed E-state index contributed by atoms with van der Waals surface area (Å²) < 4.78 is 11.1. The van der Waals surface area contributed by atoms with Gasteiger partial charge in [-0.15, -0.1) is 11.3 Å². The third kappa shape index (κ3) is 5.47. The molecule has 1 aliphatic rings. The maximum absolute atomic E-state index is 12.4. The Kier molecular flexibility index (Phi) is 7.71. The number of hydrogen-bond donors (Lipinski definition) is 1. The number of thiazole rings is 1. The van der Waals surface area contributed by atoms with Gasteiger partial charge in [-0.2, -0.15) is 0 Å². The van der Waals surface area contributed by atoms with E-state index < -0.39 is 0 Å². The van der Waals surface area contributed by atoms with Crippen molar-refractivity contribution in [1.82, 2.24) is 10.3 Å². The molecule has 0 spiro atoms. The van der Waals surface area contributed by atoms with Gasteiger partial charge in [0.25, 0.3) is 5.91 Å². The number of methoxy groups -OCH3 is 1. The van der Waals surface area contributed by atoms with Gasteiger partial charge in [0.05, 0.1) is 24.4 Å². The van der Waals surface area contributed by atoms with Gasteiger partial charge in [0.2, 0.25) is 0 Å². The van der Waals surface area contributed by atoms with Crippen molar-refractivity contribution >= 4 is 17.2 Å². The Morgan fingerprint density at radius 2 is 2.07 bits per heavy atom. The molecule has 28 heavy (non-hydrogen) atoms. The van der Waals surface area contributed by atoms with E-state index in [1.165, 1.54) is 34.8 Å². The summed E-state index contributed by atoms with van der Waals surface area (Å²) in [4.78, 5) is 18.7. The fourth-order valence-corrected chi connectivity index (χ4v) is 4.51. The van der Waals surface area contributed by atoms with Crippen LogP contribution in [0.5, 0.6) is 11.5 Å². The zero-order valence-corrected chi connectivity index (χ0v) is 17.7. The number of ether oxygens (including phenoxy) is 2. The molecule has 1 N–H and O–H groups in total. The lowest BCUT2D eigenvalue weighted by molar-refractivity contribution is 0.0953. The van der Waals surface area contributed by atoms with Crippen LogP contribution >= 0.6 is 11.3 Å². The van der Waals surface area contributed by atoms with Gasteiger partial charge in [0.1, 0.15) is 0 Å².